The van der Waals surface area contributed by atoms with Gasteiger partial charge in [-0.3, -0.25) is 0 Å². The lowest BCUT2D eigenvalue weighted by atomic mass is 10.0. The average Bonchev–Trinajstić information content (AvgIpc) is 3.04. The second-order valence-corrected chi connectivity index (χ2v) is 6.13. The van der Waals surface area contributed by atoms with Gasteiger partial charge in [0.05, 0.1) is 0 Å². The maximum absolute atomic E-state index is 3.66. The molecule has 3 rings (SSSR count). The van der Waals surface area contributed by atoms with E-state index in [1.165, 1.54) is 53.8 Å². The van der Waals surface area contributed by atoms with Crippen LogP contribution in [0.15, 0.2) is 66.7 Å². The molecule has 0 aliphatic heterocycles. The van der Waals surface area contributed by atoms with E-state index in [0.717, 1.165) is 6.42 Å². The third-order valence-electron chi connectivity index (χ3n) is 4.35. The average molecular weight is 303 g/mol. The molecule has 0 saturated carbocycles. The van der Waals surface area contributed by atoms with E-state index in [0.29, 0.717) is 0 Å². The molecule has 0 bridgehead atoms. The zero-order chi connectivity index (χ0) is 15.9. The van der Waals surface area contributed by atoms with Gasteiger partial charge in [0.25, 0.3) is 0 Å². The number of H-pyrrole nitrogens is 1. The SMILES string of the molecule is CCCCCCc1cc(-c2ccccc2)[nH]c1-c1ccccc1. The zero-order valence-electron chi connectivity index (χ0n) is 13.9. The van der Waals surface area contributed by atoms with Crippen molar-refractivity contribution in [3.8, 4) is 22.5 Å². The third-order valence-corrected chi connectivity index (χ3v) is 4.35. The maximum atomic E-state index is 3.66. The van der Waals surface area contributed by atoms with Gasteiger partial charge in [-0.1, -0.05) is 86.8 Å². The van der Waals surface area contributed by atoms with E-state index in [1.54, 1.807) is 0 Å². The highest BCUT2D eigenvalue weighted by atomic mass is 14.7. The number of hydrogen-bond acceptors (Lipinski definition) is 0. The van der Waals surface area contributed by atoms with Crippen LogP contribution < -0.4 is 0 Å². The number of aromatic amines is 1. The molecule has 0 saturated heterocycles. The summed E-state index contributed by atoms with van der Waals surface area (Å²) in [6, 6.07) is 23.6. The van der Waals surface area contributed by atoms with Crippen LogP contribution in [0.1, 0.15) is 38.2 Å². The first kappa shape index (κ1) is 15.6. The van der Waals surface area contributed by atoms with Crippen molar-refractivity contribution in [2.24, 2.45) is 0 Å². The molecule has 0 aliphatic rings. The molecule has 0 amide bonds. The van der Waals surface area contributed by atoms with Crippen LogP contribution in [-0.4, -0.2) is 4.98 Å². The van der Waals surface area contributed by atoms with E-state index in [4.69, 9.17) is 0 Å². The van der Waals surface area contributed by atoms with Gasteiger partial charge in [-0.2, -0.15) is 0 Å². The summed E-state index contributed by atoms with van der Waals surface area (Å²) < 4.78 is 0. The van der Waals surface area contributed by atoms with E-state index in [2.05, 4.69) is 78.6 Å². The molecular formula is C22H25N. The fraction of sp³-hybridized carbons (Fsp3) is 0.273. The fourth-order valence-electron chi connectivity index (χ4n) is 3.07. The summed E-state index contributed by atoms with van der Waals surface area (Å²) in [6.45, 7) is 2.26. The molecule has 3 aromatic rings. The van der Waals surface area contributed by atoms with Crippen molar-refractivity contribution in [3.63, 3.8) is 0 Å². The second kappa shape index (κ2) is 7.82. The summed E-state index contributed by atoms with van der Waals surface area (Å²) in [7, 11) is 0. The quantitative estimate of drug-likeness (QED) is 0.481. The highest BCUT2D eigenvalue weighted by Crippen LogP contribution is 2.30. The summed E-state index contributed by atoms with van der Waals surface area (Å²) in [4.78, 5) is 3.66. The normalized spacial score (nSPS) is 10.8. The largest absolute Gasteiger partial charge is 0.354 e. The Morgan fingerprint density at radius 2 is 1.39 bits per heavy atom. The molecule has 1 nitrogen and oxygen atoms in total. The number of rotatable bonds is 7. The van der Waals surface area contributed by atoms with E-state index in [-0.39, 0.29) is 0 Å². The zero-order valence-corrected chi connectivity index (χ0v) is 13.9. The van der Waals surface area contributed by atoms with Gasteiger partial charge in [0.15, 0.2) is 0 Å². The smallest absolute Gasteiger partial charge is 0.0491 e. The summed E-state index contributed by atoms with van der Waals surface area (Å²) >= 11 is 0. The number of nitrogens with one attached hydrogen (secondary N) is 1. The first-order chi connectivity index (χ1) is 11.4. The number of hydrogen-bond donors (Lipinski definition) is 1. The van der Waals surface area contributed by atoms with E-state index in [1.807, 2.05) is 0 Å². The van der Waals surface area contributed by atoms with Crippen LogP contribution in [0.4, 0.5) is 0 Å². The first-order valence-electron chi connectivity index (χ1n) is 8.71. The molecule has 0 unspecified atom stereocenters. The van der Waals surface area contributed by atoms with Crippen molar-refractivity contribution in [2.45, 2.75) is 39.0 Å². The van der Waals surface area contributed by atoms with E-state index < -0.39 is 0 Å². The molecule has 1 N–H and O–H groups in total. The Labute approximate surface area is 139 Å². The fourth-order valence-corrected chi connectivity index (χ4v) is 3.07. The van der Waals surface area contributed by atoms with Crippen LogP contribution in [0.2, 0.25) is 0 Å². The van der Waals surface area contributed by atoms with Gasteiger partial charge in [-0.05, 0) is 35.6 Å². The van der Waals surface area contributed by atoms with E-state index >= 15 is 0 Å². The Hall–Kier alpha value is -2.28. The Morgan fingerprint density at radius 3 is 2.04 bits per heavy atom. The molecule has 1 heterocycles. The standard InChI is InChI=1S/C22H25N/c1-2-3-4-7-16-20-17-21(18-12-8-5-9-13-18)23-22(20)19-14-10-6-11-15-19/h5-6,8-15,17,23H,2-4,7,16H2,1H3. The third kappa shape index (κ3) is 3.92. The highest BCUT2D eigenvalue weighted by molar-refractivity contribution is 5.71. The van der Waals surface area contributed by atoms with Crippen molar-refractivity contribution in [1.82, 2.24) is 4.98 Å². The minimum atomic E-state index is 1.15. The highest BCUT2D eigenvalue weighted by Gasteiger charge is 2.11. The van der Waals surface area contributed by atoms with Crippen molar-refractivity contribution >= 4 is 0 Å². The second-order valence-electron chi connectivity index (χ2n) is 6.13. The Bertz CT molecular complexity index is 710. The van der Waals surface area contributed by atoms with Crippen LogP contribution in [0.25, 0.3) is 22.5 Å². The van der Waals surface area contributed by atoms with Crippen LogP contribution >= 0.6 is 0 Å². The van der Waals surface area contributed by atoms with Gasteiger partial charge in [0, 0.05) is 11.4 Å². The van der Waals surface area contributed by atoms with E-state index in [9.17, 15) is 0 Å². The molecule has 0 radical (unpaired) electrons. The lowest BCUT2D eigenvalue weighted by Gasteiger charge is -2.04. The minimum absolute atomic E-state index is 1.15. The molecule has 118 valence electrons. The molecule has 1 aromatic heterocycles. The predicted molar refractivity (Wildman–Crippen MR) is 99.5 cm³/mol. The molecular weight excluding hydrogens is 278 g/mol. The van der Waals surface area contributed by atoms with Crippen molar-refractivity contribution < 1.29 is 0 Å². The maximum Gasteiger partial charge on any atom is 0.0491 e. The van der Waals surface area contributed by atoms with Gasteiger partial charge < -0.3 is 4.98 Å². The summed E-state index contributed by atoms with van der Waals surface area (Å²) in [5.41, 5.74) is 6.46. The predicted octanol–water partition coefficient (Wildman–Crippen LogP) is 6.47. The van der Waals surface area contributed by atoms with Gasteiger partial charge >= 0.3 is 0 Å². The van der Waals surface area contributed by atoms with Crippen LogP contribution in [0, 0.1) is 0 Å². The lowest BCUT2D eigenvalue weighted by molar-refractivity contribution is 0.667. The van der Waals surface area contributed by atoms with Crippen molar-refractivity contribution in [1.29, 1.82) is 0 Å². The Morgan fingerprint density at radius 1 is 0.739 bits per heavy atom. The molecule has 1 heteroatoms. The summed E-state index contributed by atoms with van der Waals surface area (Å²) in [6.07, 6.45) is 6.34. The topological polar surface area (TPSA) is 15.8 Å². The summed E-state index contributed by atoms with van der Waals surface area (Å²) in [5.74, 6) is 0. The molecule has 0 aliphatic carbocycles. The molecule has 2 aromatic carbocycles. The molecule has 23 heavy (non-hydrogen) atoms. The number of unbranched alkanes of at least 4 members (excludes halogenated alkanes) is 3. The molecule has 0 spiro atoms. The lowest BCUT2D eigenvalue weighted by Crippen LogP contribution is -1.88. The minimum Gasteiger partial charge on any atom is -0.354 e. The number of aromatic nitrogens is 1. The van der Waals surface area contributed by atoms with Crippen LogP contribution in [-0.2, 0) is 6.42 Å². The summed E-state index contributed by atoms with van der Waals surface area (Å²) in [5, 5.41) is 0. The van der Waals surface area contributed by atoms with Gasteiger partial charge in [-0.15, -0.1) is 0 Å². The van der Waals surface area contributed by atoms with Crippen LogP contribution in [0.3, 0.4) is 0 Å². The molecule has 0 fully saturated rings. The number of aryl methyl sites for hydroxylation is 1. The Kier molecular flexibility index (Phi) is 5.31. The van der Waals surface area contributed by atoms with Crippen molar-refractivity contribution in [2.75, 3.05) is 0 Å². The molecule has 0 atom stereocenters. The van der Waals surface area contributed by atoms with Gasteiger partial charge in [-0.25, -0.2) is 0 Å². The first-order valence-corrected chi connectivity index (χ1v) is 8.71. The van der Waals surface area contributed by atoms with Crippen LogP contribution in [0.5, 0.6) is 0 Å². The number of benzene rings is 2. The monoisotopic (exact) mass is 303 g/mol. The van der Waals surface area contributed by atoms with Gasteiger partial charge in [0.1, 0.15) is 0 Å². The Balaban J connectivity index is 1.90. The van der Waals surface area contributed by atoms with Gasteiger partial charge in [0.2, 0.25) is 0 Å². The van der Waals surface area contributed by atoms with Crippen molar-refractivity contribution in [3.05, 3.63) is 72.3 Å².